The molecule has 1 fully saturated rings. The molecular weight excluding hydrogens is 309 g/mol. The molecule has 1 aromatic rings. The molecule has 1 aliphatic rings. The summed E-state index contributed by atoms with van der Waals surface area (Å²) in [6, 6.07) is 7.06. The van der Waals surface area contributed by atoms with E-state index in [9.17, 15) is 22.8 Å². The van der Waals surface area contributed by atoms with E-state index >= 15 is 0 Å². The van der Waals surface area contributed by atoms with Crippen LogP contribution in [0.1, 0.15) is 35.2 Å². The van der Waals surface area contributed by atoms with Crippen molar-refractivity contribution in [2.45, 2.75) is 38.4 Å². The number of rotatable bonds is 3. The highest BCUT2D eigenvalue weighted by Gasteiger charge is 2.34. The van der Waals surface area contributed by atoms with Crippen molar-refractivity contribution in [3.05, 3.63) is 35.4 Å². The number of hydrogen-bond donors (Lipinski definition) is 1. The van der Waals surface area contributed by atoms with Crippen molar-refractivity contribution in [1.82, 2.24) is 10.2 Å². The fraction of sp³-hybridized carbons (Fsp3) is 0.500. The number of likely N-dealkylation sites (tertiary alicyclic amines) is 1. The lowest BCUT2D eigenvalue weighted by atomic mass is 10.0. The second kappa shape index (κ2) is 7.02. The summed E-state index contributed by atoms with van der Waals surface area (Å²) < 4.78 is 36.7. The van der Waals surface area contributed by atoms with Crippen LogP contribution in [0.3, 0.4) is 0 Å². The zero-order valence-corrected chi connectivity index (χ0v) is 12.8. The fourth-order valence-corrected chi connectivity index (χ4v) is 2.65. The molecule has 1 aliphatic heterocycles. The Hall–Kier alpha value is -2.05. The molecule has 2 rings (SSSR count). The molecule has 0 aliphatic carbocycles. The molecule has 4 nitrogen and oxygen atoms in total. The monoisotopic (exact) mass is 328 g/mol. The summed E-state index contributed by atoms with van der Waals surface area (Å²) in [5.41, 5.74) is 1.45. The lowest BCUT2D eigenvalue weighted by molar-refractivity contribution is -0.162. The van der Waals surface area contributed by atoms with Gasteiger partial charge in [0.2, 0.25) is 5.91 Å². The van der Waals surface area contributed by atoms with Gasteiger partial charge < -0.3 is 10.2 Å². The normalized spacial score (nSPS) is 16.3. The van der Waals surface area contributed by atoms with Gasteiger partial charge in [0.05, 0.1) is 0 Å². The number of piperidine rings is 1. The van der Waals surface area contributed by atoms with E-state index in [2.05, 4.69) is 5.32 Å². The Morgan fingerprint density at radius 3 is 2.39 bits per heavy atom. The maximum atomic E-state index is 12.2. The summed E-state index contributed by atoms with van der Waals surface area (Å²) >= 11 is 0. The summed E-state index contributed by atoms with van der Waals surface area (Å²) in [5, 5.41) is 2.88. The molecule has 0 spiro atoms. The Bertz CT molecular complexity index is 579. The van der Waals surface area contributed by atoms with Gasteiger partial charge >= 0.3 is 6.18 Å². The smallest absolute Gasteiger partial charge is 0.349 e. The van der Waals surface area contributed by atoms with Gasteiger partial charge in [-0.25, -0.2) is 0 Å². The molecule has 1 saturated heterocycles. The first-order valence-corrected chi connectivity index (χ1v) is 7.47. The molecule has 0 radical (unpaired) electrons. The number of halogens is 3. The predicted molar refractivity (Wildman–Crippen MR) is 78.9 cm³/mol. The zero-order chi connectivity index (χ0) is 17.0. The van der Waals surface area contributed by atoms with Crippen molar-refractivity contribution in [3.8, 4) is 0 Å². The summed E-state index contributed by atoms with van der Waals surface area (Å²) in [4.78, 5) is 24.9. The second-order valence-electron chi connectivity index (χ2n) is 5.74. The van der Waals surface area contributed by atoms with E-state index in [1.807, 2.05) is 19.1 Å². The van der Waals surface area contributed by atoms with Gasteiger partial charge in [-0.05, 0) is 31.4 Å². The first-order valence-electron chi connectivity index (χ1n) is 7.47. The highest BCUT2D eigenvalue weighted by atomic mass is 19.4. The number of benzene rings is 1. The average molecular weight is 328 g/mol. The molecule has 23 heavy (non-hydrogen) atoms. The number of nitrogens with zero attached hydrogens (tertiary/aromatic N) is 1. The van der Waals surface area contributed by atoms with Crippen LogP contribution in [0.4, 0.5) is 13.2 Å². The molecule has 0 atom stereocenters. The molecule has 0 aromatic heterocycles. The molecule has 0 saturated carbocycles. The summed E-state index contributed by atoms with van der Waals surface area (Å²) in [6.45, 7) is 2.30. The molecule has 1 N–H and O–H groups in total. The van der Waals surface area contributed by atoms with E-state index in [4.69, 9.17) is 0 Å². The topological polar surface area (TPSA) is 49.4 Å². The third kappa shape index (κ3) is 4.97. The van der Waals surface area contributed by atoms with Crippen molar-refractivity contribution >= 4 is 11.8 Å². The summed E-state index contributed by atoms with van der Waals surface area (Å²) in [5.74, 6) is -1.09. The standard InChI is InChI=1S/C16H19F3N2O2/c1-11-4-2-3-5-13(11)15(23)20-12-6-8-21(9-7-12)14(22)10-16(17,18)19/h2-5,12H,6-10H2,1H3,(H,20,23). The second-order valence-corrected chi connectivity index (χ2v) is 5.74. The molecular formula is C16H19F3N2O2. The van der Waals surface area contributed by atoms with Crippen LogP contribution in [0.5, 0.6) is 0 Å². The van der Waals surface area contributed by atoms with Gasteiger partial charge in [0, 0.05) is 24.7 Å². The lowest BCUT2D eigenvalue weighted by Gasteiger charge is -2.32. The summed E-state index contributed by atoms with van der Waals surface area (Å²) in [6.07, 6.45) is -4.98. The minimum atomic E-state index is -4.48. The Kier molecular flexibility index (Phi) is 5.28. The average Bonchev–Trinajstić information content (AvgIpc) is 2.46. The number of carbonyl (C=O) groups excluding carboxylic acids is 2. The first-order chi connectivity index (χ1) is 10.8. The van der Waals surface area contributed by atoms with Crippen LogP contribution < -0.4 is 5.32 Å². The van der Waals surface area contributed by atoms with Gasteiger partial charge in [0.15, 0.2) is 0 Å². The molecule has 2 amide bonds. The van der Waals surface area contributed by atoms with E-state index in [0.29, 0.717) is 18.4 Å². The number of nitrogens with one attached hydrogen (secondary N) is 1. The van der Waals surface area contributed by atoms with Crippen molar-refractivity contribution in [2.75, 3.05) is 13.1 Å². The van der Waals surface area contributed by atoms with Crippen LogP contribution >= 0.6 is 0 Å². The highest BCUT2D eigenvalue weighted by molar-refractivity contribution is 5.95. The molecule has 7 heteroatoms. The maximum Gasteiger partial charge on any atom is 0.397 e. The minimum absolute atomic E-state index is 0.128. The quantitative estimate of drug-likeness (QED) is 0.927. The van der Waals surface area contributed by atoms with Crippen LogP contribution in [0.15, 0.2) is 24.3 Å². The lowest BCUT2D eigenvalue weighted by Crippen LogP contribution is -2.47. The van der Waals surface area contributed by atoms with Gasteiger partial charge in [-0.15, -0.1) is 0 Å². The van der Waals surface area contributed by atoms with Gasteiger partial charge in [-0.2, -0.15) is 13.2 Å². The van der Waals surface area contributed by atoms with Crippen molar-refractivity contribution in [3.63, 3.8) is 0 Å². The molecule has 0 unspecified atom stereocenters. The van der Waals surface area contributed by atoms with Gasteiger partial charge in [0.25, 0.3) is 5.91 Å². The van der Waals surface area contributed by atoms with Gasteiger partial charge in [-0.3, -0.25) is 9.59 Å². The van der Waals surface area contributed by atoms with E-state index in [0.717, 1.165) is 5.56 Å². The van der Waals surface area contributed by atoms with E-state index < -0.39 is 18.5 Å². The van der Waals surface area contributed by atoms with E-state index in [1.165, 1.54) is 4.90 Å². The van der Waals surface area contributed by atoms with Crippen molar-refractivity contribution in [2.24, 2.45) is 0 Å². The zero-order valence-electron chi connectivity index (χ0n) is 12.8. The predicted octanol–water partition coefficient (Wildman–Crippen LogP) is 2.67. The largest absolute Gasteiger partial charge is 0.397 e. The first kappa shape index (κ1) is 17.3. The van der Waals surface area contributed by atoms with E-state index in [-0.39, 0.29) is 25.0 Å². The molecule has 1 heterocycles. The van der Waals surface area contributed by atoms with Crippen LogP contribution in [0.2, 0.25) is 0 Å². The SMILES string of the molecule is Cc1ccccc1C(=O)NC1CCN(C(=O)CC(F)(F)F)CC1. The molecule has 0 bridgehead atoms. The summed E-state index contributed by atoms with van der Waals surface area (Å²) in [7, 11) is 0. The molecule has 126 valence electrons. The Morgan fingerprint density at radius 1 is 1.22 bits per heavy atom. The third-order valence-corrected chi connectivity index (χ3v) is 3.92. The van der Waals surface area contributed by atoms with Gasteiger partial charge in [-0.1, -0.05) is 18.2 Å². The van der Waals surface area contributed by atoms with Crippen LogP contribution in [-0.4, -0.2) is 42.0 Å². The minimum Gasteiger partial charge on any atom is -0.349 e. The third-order valence-electron chi connectivity index (χ3n) is 3.92. The number of alkyl halides is 3. The Labute approximate surface area is 132 Å². The fourth-order valence-electron chi connectivity index (χ4n) is 2.65. The molecule has 1 aromatic carbocycles. The van der Waals surface area contributed by atoms with Crippen molar-refractivity contribution in [1.29, 1.82) is 0 Å². The van der Waals surface area contributed by atoms with Crippen LogP contribution in [0.25, 0.3) is 0 Å². The van der Waals surface area contributed by atoms with Crippen LogP contribution in [-0.2, 0) is 4.79 Å². The van der Waals surface area contributed by atoms with Crippen molar-refractivity contribution < 1.29 is 22.8 Å². The Morgan fingerprint density at radius 2 is 1.83 bits per heavy atom. The number of carbonyl (C=O) groups is 2. The number of aryl methyl sites for hydroxylation is 1. The number of hydrogen-bond acceptors (Lipinski definition) is 2. The van der Waals surface area contributed by atoms with Gasteiger partial charge in [0.1, 0.15) is 6.42 Å². The highest BCUT2D eigenvalue weighted by Crippen LogP contribution is 2.22. The van der Waals surface area contributed by atoms with Crippen LogP contribution in [0, 0.1) is 6.92 Å². The number of amides is 2. The maximum absolute atomic E-state index is 12.2. The van der Waals surface area contributed by atoms with E-state index in [1.54, 1.807) is 12.1 Å². The Balaban J connectivity index is 1.84.